The van der Waals surface area contributed by atoms with E-state index in [2.05, 4.69) is 10.2 Å². The minimum absolute atomic E-state index is 0.0154. The van der Waals surface area contributed by atoms with Gasteiger partial charge in [0.25, 0.3) is 5.91 Å². The Morgan fingerprint density at radius 3 is 2.73 bits per heavy atom. The first kappa shape index (κ1) is 21.4. The van der Waals surface area contributed by atoms with Crippen LogP contribution in [0.15, 0.2) is 30.5 Å². The summed E-state index contributed by atoms with van der Waals surface area (Å²) < 4.78 is 11.6. The zero-order chi connectivity index (χ0) is 21.5. The number of hydrogen-bond donors (Lipinski definition) is 2. The van der Waals surface area contributed by atoms with Crippen molar-refractivity contribution in [3.63, 3.8) is 0 Å². The number of para-hydroxylation sites is 1. The molecule has 3 rings (SSSR count). The summed E-state index contributed by atoms with van der Waals surface area (Å²) in [6.07, 6.45) is 2.25. The lowest BCUT2D eigenvalue weighted by atomic mass is 10.1. The first-order valence-electron chi connectivity index (χ1n) is 9.73. The number of aromatic nitrogens is 1. The Bertz CT molecular complexity index is 957. The predicted octanol–water partition coefficient (Wildman–Crippen LogP) is 1.17. The highest BCUT2D eigenvalue weighted by atomic mass is 16.5. The molecule has 0 aliphatic carbocycles. The Morgan fingerprint density at radius 2 is 2.03 bits per heavy atom. The third-order valence-corrected chi connectivity index (χ3v) is 4.99. The molecule has 1 aromatic carbocycles. The van der Waals surface area contributed by atoms with Crippen LogP contribution in [0.25, 0.3) is 5.69 Å². The fourth-order valence-corrected chi connectivity index (χ4v) is 3.40. The summed E-state index contributed by atoms with van der Waals surface area (Å²) >= 11 is 0. The number of hydrogen-bond acceptors (Lipinski definition) is 7. The van der Waals surface area contributed by atoms with Crippen LogP contribution >= 0.6 is 0 Å². The molecule has 9 heteroatoms. The summed E-state index contributed by atoms with van der Waals surface area (Å²) in [6, 6.07) is 8.79. The monoisotopic (exact) mass is 411 g/mol. The van der Waals surface area contributed by atoms with Crippen LogP contribution in [0.5, 0.6) is 0 Å². The van der Waals surface area contributed by atoms with E-state index in [-0.39, 0.29) is 22.9 Å². The van der Waals surface area contributed by atoms with Gasteiger partial charge in [-0.2, -0.15) is 5.26 Å². The minimum Gasteiger partial charge on any atom is -0.464 e. The molecule has 1 amide bonds. The molecule has 1 aliphatic heterocycles. The second-order valence-electron chi connectivity index (χ2n) is 6.86. The van der Waals surface area contributed by atoms with E-state index in [0.29, 0.717) is 17.8 Å². The second kappa shape index (κ2) is 9.91. The molecule has 0 bridgehead atoms. The molecule has 0 unspecified atom stereocenters. The summed E-state index contributed by atoms with van der Waals surface area (Å²) in [5.41, 5.74) is 6.95. The molecule has 30 heavy (non-hydrogen) atoms. The van der Waals surface area contributed by atoms with Gasteiger partial charge in [-0.05, 0) is 25.1 Å². The molecule has 0 atom stereocenters. The van der Waals surface area contributed by atoms with Gasteiger partial charge in [-0.3, -0.25) is 9.69 Å². The molecule has 1 aliphatic rings. The number of benzene rings is 1. The maximum Gasteiger partial charge on any atom is 0.357 e. The van der Waals surface area contributed by atoms with Gasteiger partial charge >= 0.3 is 5.97 Å². The van der Waals surface area contributed by atoms with Gasteiger partial charge in [0.15, 0.2) is 5.69 Å². The largest absolute Gasteiger partial charge is 0.464 e. The molecule has 2 aromatic rings. The maximum atomic E-state index is 12.8. The normalized spacial score (nSPS) is 14.1. The van der Waals surface area contributed by atoms with Crippen molar-refractivity contribution in [2.75, 3.05) is 52.2 Å². The van der Waals surface area contributed by atoms with Crippen molar-refractivity contribution in [1.82, 2.24) is 14.8 Å². The Balaban J connectivity index is 1.77. The lowest BCUT2D eigenvalue weighted by molar-refractivity contribution is 0.0374. The molecule has 158 valence electrons. The summed E-state index contributed by atoms with van der Waals surface area (Å²) in [6.45, 7) is 4.70. The van der Waals surface area contributed by atoms with E-state index in [1.165, 1.54) is 17.9 Å². The average molecular weight is 411 g/mol. The number of esters is 1. The van der Waals surface area contributed by atoms with Crippen LogP contribution in [-0.4, -0.2) is 67.8 Å². The molecule has 1 fully saturated rings. The molecule has 1 aromatic heterocycles. The highest BCUT2D eigenvalue weighted by Gasteiger charge is 2.24. The second-order valence-corrected chi connectivity index (χ2v) is 6.86. The molecule has 2 heterocycles. The number of anilines is 1. The molecule has 0 spiro atoms. The molecule has 1 saturated heterocycles. The van der Waals surface area contributed by atoms with Gasteiger partial charge in [0.2, 0.25) is 0 Å². The molecular formula is C21H25N5O4. The van der Waals surface area contributed by atoms with Crippen molar-refractivity contribution in [3.05, 3.63) is 47.3 Å². The summed E-state index contributed by atoms with van der Waals surface area (Å²) in [4.78, 5) is 27.4. The van der Waals surface area contributed by atoms with E-state index in [1.54, 1.807) is 24.3 Å². The van der Waals surface area contributed by atoms with Crippen molar-refractivity contribution in [2.24, 2.45) is 0 Å². The van der Waals surface area contributed by atoms with Crippen LogP contribution in [0.3, 0.4) is 0 Å². The van der Waals surface area contributed by atoms with Gasteiger partial charge < -0.3 is 25.1 Å². The lowest BCUT2D eigenvalue weighted by Gasteiger charge is -2.26. The van der Waals surface area contributed by atoms with E-state index < -0.39 is 5.97 Å². The number of nitriles is 1. The molecule has 0 radical (unpaired) electrons. The molecule has 9 nitrogen and oxygen atoms in total. The smallest absolute Gasteiger partial charge is 0.357 e. The number of nitrogen functional groups attached to an aromatic ring is 1. The van der Waals surface area contributed by atoms with E-state index in [0.717, 1.165) is 39.3 Å². The zero-order valence-electron chi connectivity index (χ0n) is 16.9. The molecule has 0 saturated carbocycles. The fourth-order valence-electron chi connectivity index (χ4n) is 3.40. The number of methoxy groups -OCH3 is 1. The zero-order valence-corrected chi connectivity index (χ0v) is 16.9. The average Bonchev–Trinajstić information content (AvgIpc) is 3.12. The van der Waals surface area contributed by atoms with Gasteiger partial charge in [0, 0.05) is 25.8 Å². The number of nitrogens with two attached hydrogens (primary N) is 1. The SMILES string of the molecule is COC(=O)c1c(N)c(C#N)cn1-c1ccccc1C(=O)NCCCN1CCOCC1. The fraction of sp³-hybridized carbons (Fsp3) is 0.381. The standard InChI is InChI=1S/C21H25N5O4/c1-29-21(28)19-18(23)15(13-22)14-26(19)17-6-3-2-5-16(17)20(27)24-7-4-8-25-9-11-30-12-10-25/h2-3,5-6,14H,4,7-12,23H2,1H3,(H,24,27). The summed E-state index contributed by atoms with van der Waals surface area (Å²) in [7, 11) is 1.23. The van der Waals surface area contributed by atoms with Crippen LogP contribution in [0, 0.1) is 11.3 Å². The number of amides is 1. The van der Waals surface area contributed by atoms with E-state index in [4.69, 9.17) is 15.2 Å². The Labute approximate surface area is 175 Å². The van der Waals surface area contributed by atoms with Gasteiger partial charge in [0.1, 0.15) is 6.07 Å². The van der Waals surface area contributed by atoms with Crippen LogP contribution in [-0.2, 0) is 9.47 Å². The lowest BCUT2D eigenvalue weighted by Crippen LogP contribution is -2.38. The summed E-state index contributed by atoms with van der Waals surface area (Å²) in [5, 5.41) is 12.2. The third-order valence-electron chi connectivity index (χ3n) is 4.99. The first-order valence-corrected chi connectivity index (χ1v) is 9.73. The van der Waals surface area contributed by atoms with Crippen LogP contribution in [0.2, 0.25) is 0 Å². The number of nitrogens with zero attached hydrogens (tertiary/aromatic N) is 3. The Morgan fingerprint density at radius 1 is 1.30 bits per heavy atom. The van der Waals surface area contributed by atoms with Crippen molar-refractivity contribution in [3.8, 4) is 11.8 Å². The van der Waals surface area contributed by atoms with E-state index in [9.17, 15) is 14.9 Å². The third kappa shape index (κ3) is 4.62. The molecular weight excluding hydrogens is 386 g/mol. The topological polar surface area (TPSA) is 123 Å². The Hall–Kier alpha value is -3.35. The van der Waals surface area contributed by atoms with Gasteiger partial charge in [-0.25, -0.2) is 4.79 Å². The van der Waals surface area contributed by atoms with Gasteiger partial charge in [-0.15, -0.1) is 0 Å². The van der Waals surface area contributed by atoms with Crippen molar-refractivity contribution < 1.29 is 19.1 Å². The van der Waals surface area contributed by atoms with Crippen LogP contribution in [0.1, 0.15) is 32.8 Å². The highest BCUT2D eigenvalue weighted by molar-refractivity contribution is 6.00. The minimum atomic E-state index is -0.685. The van der Waals surface area contributed by atoms with Crippen molar-refractivity contribution in [2.45, 2.75) is 6.42 Å². The van der Waals surface area contributed by atoms with E-state index >= 15 is 0 Å². The first-order chi connectivity index (χ1) is 14.6. The predicted molar refractivity (Wildman–Crippen MR) is 110 cm³/mol. The highest BCUT2D eigenvalue weighted by Crippen LogP contribution is 2.26. The molecule has 3 N–H and O–H groups in total. The number of carbonyl (C=O) groups excluding carboxylic acids is 2. The van der Waals surface area contributed by atoms with Crippen LogP contribution < -0.4 is 11.1 Å². The number of nitrogens with one attached hydrogen (secondary N) is 1. The van der Waals surface area contributed by atoms with Crippen molar-refractivity contribution in [1.29, 1.82) is 5.26 Å². The Kier molecular flexibility index (Phi) is 7.06. The maximum absolute atomic E-state index is 12.8. The quantitative estimate of drug-likeness (QED) is 0.518. The van der Waals surface area contributed by atoms with E-state index in [1.807, 2.05) is 6.07 Å². The number of morpholine rings is 1. The van der Waals surface area contributed by atoms with Gasteiger partial charge in [-0.1, -0.05) is 12.1 Å². The van der Waals surface area contributed by atoms with Crippen LogP contribution in [0.4, 0.5) is 5.69 Å². The van der Waals surface area contributed by atoms with Gasteiger partial charge in [0.05, 0.1) is 42.8 Å². The summed E-state index contributed by atoms with van der Waals surface area (Å²) in [5.74, 6) is -0.955. The number of ether oxygens (including phenoxy) is 2. The number of carbonyl (C=O) groups is 2. The number of rotatable bonds is 7. The van der Waals surface area contributed by atoms with Crippen molar-refractivity contribution >= 4 is 17.6 Å².